The van der Waals surface area contributed by atoms with Crippen molar-refractivity contribution in [2.75, 3.05) is 0 Å². The van der Waals surface area contributed by atoms with Gasteiger partial charge in [-0.25, -0.2) is 0 Å². The molecule has 0 amide bonds. The average Bonchev–Trinajstić information content (AvgIpc) is 2.77. The minimum Gasteiger partial charge on any atom is -0.337 e. The van der Waals surface area contributed by atoms with Crippen LogP contribution in [0.3, 0.4) is 0 Å². The smallest absolute Gasteiger partial charge is 0.177 e. The molecule has 2 aromatic rings. The van der Waals surface area contributed by atoms with Crippen LogP contribution in [0.4, 0.5) is 0 Å². The lowest BCUT2D eigenvalue weighted by Crippen LogP contribution is -2.03. The number of hydrogen-bond donors (Lipinski definition) is 1. The number of aryl methyl sites for hydroxylation is 2. The summed E-state index contributed by atoms with van der Waals surface area (Å²) in [5.74, 6) is 0. The molecule has 0 aliphatic heterocycles. The normalized spacial score (nSPS) is 10.8. The summed E-state index contributed by atoms with van der Waals surface area (Å²) < 4.78 is 2.99. The van der Waals surface area contributed by atoms with Gasteiger partial charge in [-0.2, -0.15) is 11.3 Å². The highest BCUT2D eigenvalue weighted by molar-refractivity contribution is 7.71. The molecule has 0 aliphatic carbocycles. The fourth-order valence-electron chi connectivity index (χ4n) is 1.62. The van der Waals surface area contributed by atoms with E-state index >= 15 is 0 Å². The number of imidazole rings is 1. The Labute approximate surface area is 98.6 Å². The number of rotatable bonds is 3. The van der Waals surface area contributed by atoms with E-state index in [4.69, 9.17) is 12.2 Å². The summed E-state index contributed by atoms with van der Waals surface area (Å²) in [5, 5.41) is 4.38. The number of nitrogens with zero attached hydrogens (tertiary/aromatic N) is 1. The van der Waals surface area contributed by atoms with E-state index < -0.39 is 0 Å². The molecule has 2 nitrogen and oxygen atoms in total. The summed E-state index contributed by atoms with van der Waals surface area (Å²) >= 11 is 7.02. The zero-order chi connectivity index (χ0) is 10.8. The third-order valence-electron chi connectivity index (χ3n) is 2.61. The first-order chi connectivity index (χ1) is 7.22. The maximum atomic E-state index is 5.27. The molecule has 0 bridgehead atoms. The van der Waals surface area contributed by atoms with E-state index in [0.717, 1.165) is 17.7 Å². The highest BCUT2D eigenvalue weighted by Crippen LogP contribution is 2.16. The first-order valence-electron chi connectivity index (χ1n) is 5.01. The Morgan fingerprint density at radius 3 is 2.87 bits per heavy atom. The fourth-order valence-corrected chi connectivity index (χ4v) is 2.71. The molecule has 0 unspecified atom stereocenters. The fraction of sp³-hybridized carbons (Fsp3) is 0.364. The molecule has 0 saturated heterocycles. The van der Waals surface area contributed by atoms with Gasteiger partial charge in [0.1, 0.15) is 0 Å². The maximum Gasteiger partial charge on any atom is 0.177 e. The van der Waals surface area contributed by atoms with Crippen LogP contribution in [0.15, 0.2) is 17.0 Å². The van der Waals surface area contributed by atoms with Crippen molar-refractivity contribution in [2.24, 2.45) is 0 Å². The number of aromatic amines is 1. The van der Waals surface area contributed by atoms with Crippen molar-refractivity contribution in [3.8, 4) is 0 Å². The Balaban J connectivity index is 2.35. The van der Waals surface area contributed by atoms with Gasteiger partial charge in [-0.3, -0.25) is 0 Å². The Bertz CT molecular complexity index is 505. The Morgan fingerprint density at radius 2 is 2.27 bits per heavy atom. The summed E-state index contributed by atoms with van der Waals surface area (Å²) in [6, 6.07) is 0. The van der Waals surface area contributed by atoms with Crippen LogP contribution in [0.5, 0.6) is 0 Å². The van der Waals surface area contributed by atoms with E-state index in [0.29, 0.717) is 0 Å². The SMILES string of the molecule is CCc1c[nH]c(=S)n1Cc1cscc1C. The van der Waals surface area contributed by atoms with Gasteiger partial charge in [0.05, 0.1) is 6.54 Å². The van der Waals surface area contributed by atoms with E-state index in [-0.39, 0.29) is 0 Å². The van der Waals surface area contributed by atoms with Crippen LogP contribution in [0.25, 0.3) is 0 Å². The molecule has 2 rings (SSSR count). The number of nitrogens with one attached hydrogen (secondary N) is 1. The molecule has 0 aliphatic rings. The second-order valence-electron chi connectivity index (χ2n) is 3.60. The van der Waals surface area contributed by atoms with Crippen molar-refractivity contribution in [3.05, 3.63) is 38.5 Å². The number of thiophene rings is 1. The summed E-state index contributed by atoms with van der Waals surface area (Å²) in [6.45, 7) is 5.18. The number of H-pyrrole nitrogens is 1. The van der Waals surface area contributed by atoms with Gasteiger partial charge in [0.25, 0.3) is 0 Å². The lowest BCUT2D eigenvalue weighted by atomic mass is 10.2. The van der Waals surface area contributed by atoms with Gasteiger partial charge in [0.15, 0.2) is 4.77 Å². The van der Waals surface area contributed by atoms with Crippen LogP contribution in [0.1, 0.15) is 23.7 Å². The van der Waals surface area contributed by atoms with Gasteiger partial charge in [0, 0.05) is 11.9 Å². The van der Waals surface area contributed by atoms with Gasteiger partial charge < -0.3 is 9.55 Å². The van der Waals surface area contributed by atoms with Gasteiger partial charge in [-0.15, -0.1) is 0 Å². The first kappa shape index (κ1) is 10.6. The third-order valence-corrected chi connectivity index (χ3v) is 3.85. The quantitative estimate of drug-likeness (QED) is 0.811. The van der Waals surface area contributed by atoms with Crippen LogP contribution >= 0.6 is 23.6 Å². The minimum absolute atomic E-state index is 0.817. The molecule has 15 heavy (non-hydrogen) atoms. The van der Waals surface area contributed by atoms with E-state index in [1.807, 2.05) is 6.20 Å². The largest absolute Gasteiger partial charge is 0.337 e. The van der Waals surface area contributed by atoms with Crippen LogP contribution in [-0.4, -0.2) is 9.55 Å². The van der Waals surface area contributed by atoms with Crippen LogP contribution in [0.2, 0.25) is 0 Å². The van der Waals surface area contributed by atoms with Crippen molar-refractivity contribution < 1.29 is 0 Å². The van der Waals surface area contributed by atoms with E-state index in [2.05, 4.69) is 34.2 Å². The van der Waals surface area contributed by atoms with Gasteiger partial charge in [-0.05, 0) is 47.4 Å². The maximum absolute atomic E-state index is 5.27. The zero-order valence-corrected chi connectivity index (χ0v) is 10.5. The van der Waals surface area contributed by atoms with Crippen LogP contribution in [0, 0.1) is 11.7 Å². The molecule has 4 heteroatoms. The second-order valence-corrected chi connectivity index (χ2v) is 4.74. The van der Waals surface area contributed by atoms with Crippen LogP contribution < -0.4 is 0 Å². The second kappa shape index (κ2) is 4.33. The van der Waals surface area contributed by atoms with Crippen molar-refractivity contribution in [1.82, 2.24) is 9.55 Å². The number of hydrogen-bond acceptors (Lipinski definition) is 2. The lowest BCUT2D eigenvalue weighted by Gasteiger charge is -2.06. The molecule has 0 aromatic carbocycles. The Kier molecular flexibility index (Phi) is 3.07. The van der Waals surface area contributed by atoms with Gasteiger partial charge in [-0.1, -0.05) is 6.92 Å². The van der Waals surface area contributed by atoms with Gasteiger partial charge >= 0.3 is 0 Å². The highest BCUT2D eigenvalue weighted by atomic mass is 32.1. The molecule has 0 fully saturated rings. The molecule has 2 heterocycles. The zero-order valence-electron chi connectivity index (χ0n) is 8.91. The highest BCUT2D eigenvalue weighted by Gasteiger charge is 2.05. The topological polar surface area (TPSA) is 20.7 Å². The molecule has 0 atom stereocenters. The van der Waals surface area contributed by atoms with Crippen molar-refractivity contribution in [2.45, 2.75) is 26.8 Å². The van der Waals surface area contributed by atoms with Crippen molar-refractivity contribution in [1.29, 1.82) is 0 Å². The first-order valence-corrected chi connectivity index (χ1v) is 6.36. The number of aromatic nitrogens is 2. The summed E-state index contributed by atoms with van der Waals surface area (Å²) in [5.41, 5.74) is 3.99. The monoisotopic (exact) mass is 238 g/mol. The summed E-state index contributed by atoms with van der Waals surface area (Å²) in [7, 11) is 0. The molecular weight excluding hydrogens is 224 g/mol. The van der Waals surface area contributed by atoms with Crippen LogP contribution in [-0.2, 0) is 13.0 Å². The minimum atomic E-state index is 0.817. The van der Waals surface area contributed by atoms with Crippen molar-refractivity contribution >= 4 is 23.6 Å². The molecule has 0 radical (unpaired) electrons. The molecule has 2 aromatic heterocycles. The standard InChI is InChI=1S/C11H14N2S2/c1-3-10-4-12-11(14)13(10)5-9-7-15-6-8(9)2/h4,6-7H,3,5H2,1-2H3,(H,12,14). The molecule has 80 valence electrons. The van der Waals surface area contributed by atoms with Crippen molar-refractivity contribution in [3.63, 3.8) is 0 Å². The average molecular weight is 238 g/mol. The van der Waals surface area contributed by atoms with E-state index in [1.165, 1.54) is 16.8 Å². The van der Waals surface area contributed by atoms with E-state index in [1.54, 1.807) is 11.3 Å². The molecule has 1 N–H and O–H groups in total. The molecule has 0 saturated carbocycles. The summed E-state index contributed by atoms with van der Waals surface area (Å²) in [4.78, 5) is 3.10. The Hall–Kier alpha value is -0.870. The predicted molar refractivity (Wildman–Crippen MR) is 67.2 cm³/mol. The van der Waals surface area contributed by atoms with E-state index in [9.17, 15) is 0 Å². The lowest BCUT2D eigenvalue weighted by molar-refractivity contribution is 0.735. The summed E-state index contributed by atoms with van der Waals surface area (Å²) in [6.07, 6.45) is 3.01. The third kappa shape index (κ3) is 2.06. The molecular formula is C11H14N2S2. The van der Waals surface area contributed by atoms with Gasteiger partial charge in [0.2, 0.25) is 0 Å². The Morgan fingerprint density at radius 1 is 1.47 bits per heavy atom. The predicted octanol–water partition coefficient (Wildman–Crippen LogP) is 3.53. The molecule has 0 spiro atoms.